The molecule has 1 heterocycles. The van der Waals surface area contributed by atoms with Crippen molar-refractivity contribution in [3.63, 3.8) is 0 Å². The number of hydrogen-bond acceptors (Lipinski definition) is 1. The number of halogens is 2. The molecule has 1 aromatic carbocycles. The van der Waals surface area contributed by atoms with Crippen molar-refractivity contribution in [2.24, 2.45) is 0 Å². The number of benzene rings is 1. The Labute approximate surface area is 117 Å². The Morgan fingerprint density at radius 1 is 1.25 bits per heavy atom. The molecule has 2 rings (SSSR count). The van der Waals surface area contributed by atoms with Crippen LogP contribution in [-0.4, -0.2) is 9.78 Å². The van der Waals surface area contributed by atoms with Gasteiger partial charge in [0.25, 0.3) is 0 Å². The highest BCUT2D eigenvalue weighted by molar-refractivity contribution is 14.1. The lowest BCUT2D eigenvalue weighted by molar-refractivity contribution is 0.575. The van der Waals surface area contributed by atoms with Crippen LogP contribution < -0.4 is 0 Å². The molecule has 2 aromatic rings. The largest absolute Gasteiger partial charge is 0.271 e. The lowest BCUT2D eigenvalue weighted by atomic mass is 10.1. The molecule has 0 fully saturated rings. The molecule has 0 aliphatic rings. The van der Waals surface area contributed by atoms with Gasteiger partial charge in [0.1, 0.15) is 3.70 Å². The van der Waals surface area contributed by atoms with E-state index >= 15 is 0 Å². The van der Waals surface area contributed by atoms with Crippen molar-refractivity contribution in [1.82, 2.24) is 9.78 Å². The van der Waals surface area contributed by atoms with Gasteiger partial charge in [-0.2, -0.15) is 5.10 Å². The van der Waals surface area contributed by atoms with Crippen molar-refractivity contribution in [2.75, 3.05) is 0 Å². The SMILES string of the molecule is Brc1cn(CCCc2ccccc2)nc1I. The molecule has 0 aliphatic carbocycles. The predicted molar refractivity (Wildman–Crippen MR) is 77.4 cm³/mol. The summed E-state index contributed by atoms with van der Waals surface area (Å²) in [6, 6.07) is 10.6. The van der Waals surface area contributed by atoms with Crippen LogP contribution in [0, 0.1) is 3.70 Å². The minimum atomic E-state index is 0.969. The molecule has 0 N–H and O–H groups in total. The van der Waals surface area contributed by atoms with Gasteiger partial charge in [-0.15, -0.1) is 0 Å². The monoisotopic (exact) mass is 390 g/mol. The molecule has 0 atom stereocenters. The third-order valence-electron chi connectivity index (χ3n) is 2.37. The zero-order chi connectivity index (χ0) is 11.4. The zero-order valence-corrected chi connectivity index (χ0v) is 12.5. The summed E-state index contributed by atoms with van der Waals surface area (Å²) in [6.45, 7) is 0.969. The van der Waals surface area contributed by atoms with Crippen LogP contribution in [0.25, 0.3) is 0 Å². The molecule has 2 nitrogen and oxygen atoms in total. The summed E-state index contributed by atoms with van der Waals surface area (Å²) in [5.74, 6) is 0. The molecule has 0 radical (unpaired) electrons. The summed E-state index contributed by atoms with van der Waals surface area (Å²) in [5.41, 5.74) is 1.39. The van der Waals surface area contributed by atoms with Gasteiger partial charge in [-0.1, -0.05) is 30.3 Å². The lowest BCUT2D eigenvalue weighted by Gasteiger charge is -2.01. The molecule has 0 saturated carbocycles. The van der Waals surface area contributed by atoms with Gasteiger partial charge in [0, 0.05) is 12.7 Å². The van der Waals surface area contributed by atoms with Crippen LogP contribution in [0.5, 0.6) is 0 Å². The first kappa shape index (κ1) is 12.1. The normalized spacial score (nSPS) is 10.6. The Bertz CT molecular complexity index is 434. The van der Waals surface area contributed by atoms with E-state index in [4.69, 9.17) is 0 Å². The van der Waals surface area contributed by atoms with Gasteiger partial charge >= 0.3 is 0 Å². The minimum absolute atomic E-state index is 0.969. The van der Waals surface area contributed by atoms with E-state index in [9.17, 15) is 0 Å². The molecular formula is C12H12BrIN2. The summed E-state index contributed by atoms with van der Waals surface area (Å²) >= 11 is 5.69. The second-order valence-corrected chi connectivity index (χ2v) is 5.50. The van der Waals surface area contributed by atoms with Crippen LogP contribution in [0.1, 0.15) is 12.0 Å². The van der Waals surface area contributed by atoms with E-state index in [-0.39, 0.29) is 0 Å². The Morgan fingerprint density at radius 3 is 2.62 bits per heavy atom. The van der Waals surface area contributed by atoms with Gasteiger partial charge in [-0.05, 0) is 56.9 Å². The van der Waals surface area contributed by atoms with Crippen molar-refractivity contribution >= 4 is 38.5 Å². The Balaban J connectivity index is 1.84. The highest BCUT2D eigenvalue weighted by Gasteiger charge is 2.02. The van der Waals surface area contributed by atoms with Crippen molar-refractivity contribution in [3.8, 4) is 0 Å². The molecule has 0 spiro atoms. The number of aromatic nitrogens is 2. The predicted octanol–water partition coefficient (Wildman–Crippen LogP) is 3.88. The zero-order valence-electron chi connectivity index (χ0n) is 8.74. The van der Waals surface area contributed by atoms with E-state index < -0.39 is 0 Å². The van der Waals surface area contributed by atoms with E-state index in [1.165, 1.54) is 5.56 Å². The van der Waals surface area contributed by atoms with Crippen LogP contribution in [-0.2, 0) is 13.0 Å². The van der Waals surface area contributed by atoms with Crippen molar-refractivity contribution in [3.05, 3.63) is 50.3 Å². The van der Waals surface area contributed by atoms with Gasteiger partial charge in [-0.25, -0.2) is 0 Å². The first-order valence-electron chi connectivity index (χ1n) is 5.18. The highest BCUT2D eigenvalue weighted by Crippen LogP contribution is 2.16. The molecule has 4 heteroatoms. The van der Waals surface area contributed by atoms with Crippen LogP contribution in [0.3, 0.4) is 0 Å². The van der Waals surface area contributed by atoms with Crippen molar-refractivity contribution in [1.29, 1.82) is 0 Å². The molecule has 0 amide bonds. The number of nitrogens with zero attached hydrogens (tertiary/aromatic N) is 2. The van der Waals surface area contributed by atoms with Crippen LogP contribution >= 0.6 is 38.5 Å². The molecular weight excluding hydrogens is 379 g/mol. The summed E-state index contributed by atoms with van der Waals surface area (Å²) < 4.78 is 4.10. The smallest absolute Gasteiger partial charge is 0.137 e. The van der Waals surface area contributed by atoms with Crippen molar-refractivity contribution in [2.45, 2.75) is 19.4 Å². The average molecular weight is 391 g/mol. The van der Waals surface area contributed by atoms with E-state index in [0.717, 1.165) is 27.6 Å². The topological polar surface area (TPSA) is 17.8 Å². The molecule has 0 saturated heterocycles. The third kappa shape index (κ3) is 3.31. The average Bonchev–Trinajstić information content (AvgIpc) is 2.60. The van der Waals surface area contributed by atoms with E-state index in [0.29, 0.717) is 0 Å². The maximum absolute atomic E-state index is 4.40. The molecule has 16 heavy (non-hydrogen) atoms. The standard InChI is InChI=1S/C12H12BrIN2/c13-11-9-16(15-12(11)14)8-4-7-10-5-2-1-3-6-10/h1-3,5-6,9H,4,7-8H2. The maximum atomic E-state index is 4.40. The van der Waals surface area contributed by atoms with Gasteiger partial charge in [0.05, 0.1) is 4.47 Å². The summed E-state index contributed by atoms with van der Waals surface area (Å²) in [6.07, 6.45) is 4.26. The van der Waals surface area contributed by atoms with Gasteiger partial charge in [0.15, 0.2) is 0 Å². The number of hydrogen-bond donors (Lipinski definition) is 0. The fourth-order valence-electron chi connectivity index (χ4n) is 1.58. The first-order valence-corrected chi connectivity index (χ1v) is 7.05. The van der Waals surface area contributed by atoms with Crippen LogP contribution in [0.15, 0.2) is 41.0 Å². The lowest BCUT2D eigenvalue weighted by Crippen LogP contribution is -2.00. The quantitative estimate of drug-likeness (QED) is 0.724. The molecule has 0 bridgehead atoms. The Morgan fingerprint density at radius 2 is 2.00 bits per heavy atom. The second kappa shape index (κ2) is 5.82. The van der Waals surface area contributed by atoms with Crippen molar-refractivity contribution < 1.29 is 0 Å². The molecule has 1 aromatic heterocycles. The van der Waals surface area contributed by atoms with Crippen LogP contribution in [0.4, 0.5) is 0 Å². The highest BCUT2D eigenvalue weighted by atomic mass is 127. The molecule has 0 unspecified atom stereocenters. The van der Waals surface area contributed by atoms with Gasteiger partial charge in [0.2, 0.25) is 0 Å². The second-order valence-electron chi connectivity index (χ2n) is 3.62. The fraction of sp³-hybridized carbons (Fsp3) is 0.250. The molecule has 84 valence electrons. The first-order chi connectivity index (χ1) is 7.75. The number of aryl methyl sites for hydroxylation is 2. The fourth-order valence-corrected chi connectivity index (χ4v) is 2.31. The van der Waals surface area contributed by atoms with E-state index in [1.54, 1.807) is 0 Å². The van der Waals surface area contributed by atoms with E-state index in [2.05, 4.69) is 74.0 Å². The third-order valence-corrected chi connectivity index (χ3v) is 4.49. The summed E-state index contributed by atoms with van der Waals surface area (Å²) in [7, 11) is 0. The Kier molecular flexibility index (Phi) is 4.40. The van der Waals surface area contributed by atoms with Gasteiger partial charge in [-0.3, -0.25) is 4.68 Å². The minimum Gasteiger partial charge on any atom is -0.271 e. The maximum Gasteiger partial charge on any atom is 0.137 e. The van der Waals surface area contributed by atoms with Crippen LogP contribution in [0.2, 0.25) is 0 Å². The summed E-state index contributed by atoms with van der Waals surface area (Å²) in [4.78, 5) is 0. The number of rotatable bonds is 4. The summed E-state index contributed by atoms with van der Waals surface area (Å²) in [5, 5.41) is 4.40. The Hall–Kier alpha value is -0.360. The molecule has 0 aliphatic heterocycles. The van der Waals surface area contributed by atoms with E-state index in [1.807, 2.05) is 10.9 Å². The van der Waals surface area contributed by atoms with Gasteiger partial charge < -0.3 is 0 Å².